The third kappa shape index (κ3) is 7.66. The molecule has 0 saturated carbocycles. The van der Waals surface area contributed by atoms with Crippen LogP contribution in [0.1, 0.15) is 5.56 Å². The van der Waals surface area contributed by atoms with Crippen LogP contribution in [0.4, 0.5) is 0 Å². The molecule has 1 aromatic rings. The van der Waals surface area contributed by atoms with E-state index in [4.69, 9.17) is 5.73 Å². The normalized spacial score (nSPS) is 10.5. The smallest absolute Gasteiger partial charge is 0.243 e. The number of hydrogen-bond acceptors (Lipinski definition) is 2. The molecule has 3 N–H and O–H groups in total. The number of benzene rings is 1. The maximum atomic E-state index is 11.3. The summed E-state index contributed by atoms with van der Waals surface area (Å²) in [5.41, 5.74) is 6.89. The van der Waals surface area contributed by atoms with Crippen molar-refractivity contribution in [1.29, 1.82) is 0 Å². The number of hydrogen-bond donors (Lipinski definition) is 2. The Balaban J connectivity index is 0.00000324. The van der Waals surface area contributed by atoms with Gasteiger partial charge in [-0.15, -0.1) is 24.0 Å². The van der Waals surface area contributed by atoms with Crippen molar-refractivity contribution in [3.63, 3.8) is 0 Å². The van der Waals surface area contributed by atoms with E-state index in [0.717, 1.165) is 6.42 Å². The molecule has 0 aliphatic rings. The molecule has 0 aliphatic carbocycles. The van der Waals surface area contributed by atoms with Crippen molar-refractivity contribution in [2.75, 3.05) is 27.2 Å². The molecule has 1 amide bonds. The molecule has 19 heavy (non-hydrogen) atoms. The van der Waals surface area contributed by atoms with Gasteiger partial charge in [0.15, 0.2) is 5.96 Å². The average molecular weight is 376 g/mol. The van der Waals surface area contributed by atoms with Crippen molar-refractivity contribution in [1.82, 2.24) is 10.2 Å². The van der Waals surface area contributed by atoms with Gasteiger partial charge < -0.3 is 16.0 Å². The fraction of sp³-hybridized carbons (Fsp3) is 0.385. The number of nitrogens with one attached hydrogen (secondary N) is 1. The van der Waals surface area contributed by atoms with E-state index >= 15 is 0 Å². The maximum absolute atomic E-state index is 11.3. The second-order valence-corrected chi connectivity index (χ2v) is 4.15. The van der Waals surface area contributed by atoms with E-state index in [2.05, 4.69) is 22.4 Å². The summed E-state index contributed by atoms with van der Waals surface area (Å²) in [6.07, 6.45) is 0.874. The van der Waals surface area contributed by atoms with E-state index in [1.54, 1.807) is 14.1 Å². The quantitative estimate of drug-likeness (QED) is 0.455. The van der Waals surface area contributed by atoms with Gasteiger partial charge in [-0.25, -0.2) is 4.99 Å². The van der Waals surface area contributed by atoms with Crippen molar-refractivity contribution in [2.45, 2.75) is 6.42 Å². The van der Waals surface area contributed by atoms with Crippen LogP contribution in [0.5, 0.6) is 0 Å². The monoisotopic (exact) mass is 376 g/mol. The topological polar surface area (TPSA) is 70.7 Å². The van der Waals surface area contributed by atoms with Gasteiger partial charge in [0.25, 0.3) is 0 Å². The molecule has 106 valence electrons. The third-order valence-electron chi connectivity index (χ3n) is 2.45. The van der Waals surface area contributed by atoms with Gasteiger partial charge in [-0.2, -0.15) is 0 Å². The van der Waals surface area contributed by atoms with Crippen molar-refractivity contribution in [3.05, 3.63) is 35.9 Å². The Morgan fingerprint density at radius 2 is 1.95 bits per heavy atom. The van der Waals surface area contributed by atoms with E-state index < -0.39 is 0 Å². The SMILES string of the molecule is CN(C)C(=O)CN=C(N)NCCc1ccccc1.I. The Morgan fingerprint density at radius 1 is 1.32 bits per heavy atom. The van der Waals surface area contributed by atoms with Crippen LogP contribution in [0.15, 0.2) is 35.3 Å². The fourth-order valence-corrected chi connectivity index (χ4v) is 1.33. The Kier molecular flexibility index (Phi) is 8.94. The minimum Gasteiger partial charge on any atom is -0.370 e. The van der Waals surface area contributed by atoms with Gasteiger partial charge in [0, 0.05) is 20.6 Å². The van der Waals surface area contributed by atoms with Gasteiger partial charge >= 0.3 is 0 Å². The van der Waals surface area contributed by atoms with Crippen LogP contribution < -0.4 is 11.1 Å². The fourth-order valence-electron chi connectivity index (χ4n) is 1.33. The molecule has 0 aliphatic heterocycles. The molecular weight excluding hydrogens is 355 g/mol. The Hall–Kier alpha value is -1.31. The lowest BCUT2D eigenvalue weighted by Gasteiger charge is -2.09. The van der Waals surface area contributed by atoms with Gasteiger partial charge in [0.05, 0.1) is 0 Å². The molecule has 0 heterocycles. The van der Waals surface area contributed by atoms with Crippen LogP contribution in [-0.4, -0.2) is 44.0 Å². The van der Waals surface area contributed by atoms with Crippen molar-refractivity contribution < 1.29 is 4.79 Å². The van der Waals surface area contributed by atoms with E-state index in [1.165, 1.54) is 10.5 Å². The molecule has 0 bridgehead atoms. The molecule has 5 nitrogen and oxygen atoms in total. The summed E-state index contributed by atoms with van der Waals surface area (Å²) in [6.45, 7) is 0.784. The van der Waals surface area contributed by atoms with Crippen molar-refractivity contribution in [3.8, 4) is 0 Å². The third-order valence-corrected chi connectivity index (χ3v) is 2.45. The van der Waals surface area contributed by atoms with Crippen LogP contribution in [0.3, 0.4) is 0 Å². The summed E-state index contributed by atoms with van der Waals surface area (Å²) in [5.74, 6) is 0.240. The number of guanidine groups is 1. The predicted octanol–water partition coefficient (Wildman–Crippen LogP) is 0.840. The first-order valence-corrected chi connectivity index (χ1v) is 5.87. The molecule has 6 heteroatoms. The first-order valence-electron chi connectivity index (χ1n) is 5.87. The van der Waals surface area contributed by atoms with E-state index in [1.807, 2.05) is 18.2 Å². The van der Waals surface area contributed by atoms with Crippen LogP contribution in [0, 0.1) is 0 Å². The summed E-state index contributed by atoms with van der Waals surface area (Å²) in [6, 6.07) is 10.1. The Morgan fingerprint density at radius 3 is 2.53 bits per heavy atom. The second-order valence-electron chi connectivity index (χ2n) is 4.15. The lowest BCUT2D eigenvalue weighted by molar-refractivity contribution is -0.127. The number of amides is 1. The lowest BCUT2D eigenvalue weighted by atomic mass is 10.1. The maximum Gasteiger partial charge on any atom is 0.243 e. The number of carbonyl (C=O) groups excluding carboxylic acids is 1. The molecular formula is C13H21IN4O. The minimum absolute atomic E-state index is 0. The van der Waals surface area contributed by atoms with Crippen molar-refractivity contribution in [2.24, 2.45) is 10.7 Å². The molecule has 1 rings (SSSR count). The van der Waals surface area contributed by atoms with E-state index in [9.17, 15) is 4.79 Å². The molecule has 0 radical (unpaired) electrons. The Bertz CT molecular complexity index is 406. The number of carbonyl (C=O) groups is 1. The lowest BCUT2D eigenvalue weighted by Crippen LogP contribution is -2.34. The largest absolute Gasteiger partial charge is 0.370 e. The highest BCUT2D eigenvalue weighted by Crippen LogP contribution is 1.97. The van der Waals surface area contributed by atoms with Gasteiger partial charge in [0.1, 0.15) is 6.54 Å². The second kappa shape index (κ2) is 9.60. The van der Waals surface area contributed by atoms with Crippen LogP contribution in [0.25, 0.3) is 0 Å². The standard InChI is InChI=1S/C13H20N4O.HI/c1-17(2)12(18)10-16-13(14)15-9-8-11-6-4-3-5-7-11;/h3-7H,8-10H2,1-2H3,(H3,14,15,16);1H. The Labute approximate surface area is 131 Å². The van der Waals surface area contributed by atoms with E-state index in [0.29, 0.717) is 12.5 Å². The molecule has 0 aromatic heterocycles. The predicted molar refractivity (Wildman–Crippen MR) is 88.7 cm³/mol. The zero-order chi connectivity index (χ0) is 13.4. The molecule has 0 fully saturated rings. The molecule has 0 atom stereocenters. The summed E-state index contributed by atoms with van der Waals surface area (Å²) >= 11 is 0. The molecule has 0 unspecified atom stereocenters. The van der Waals surface area contributed by atoms with Gasteiger partial charge in [-0.05, 0) is 12.0 Å². The highest BCUT2D eigenvalue weighted by atomic mass is 127. The number of rotatable bonds is 5. The average Bonchev–Trinajstić information content (AvgIpc) is 2.37. The number of nitrogens with two attached hydrogens (primary N) is 1. The van der Waals surface area contributed by atoms with Crippen LogP contribution in [0.2, 0.25) is 0 Å². The number of likely N-dealkylation sites (N-methyl/N-ethyl adjacent to an activating group) is 1. The van der Waals surface area contributed by atoms with Gasteiger partial charge in [-0.3, -0.25) is 4.79 Å². The van der Waals surface area contributed by atoms with Crippen LogP contribution >= 0.6 is 24.0 Å². The minimum atomic E-state index is -0.0668. The van der Waals surface area contributed by atoms with Gasteiger partial charge in [-0.1, -0.05) is 30.3 Å². The number of nitrogens with zero attached hydrogens (tertiary/aromatic N) is 2. The molecule has 0 saturated heterocycles. The molecule has 0 spiro atoms. The van der Waals surface area contributed by atoms with Crippen LogP contribution in [-0.2, 0) is 11.2 Å². The van der Waals surface area contributed by atoms with Crippen molar-refractivity contribution >= 4 is 35.8 Å². The first-order chi connectivity index (χ1) is 8.59. The molecule has 1 aromatic carbocycles. The summed E-state index contributed by atoms with van der Waals surface area (Å²) in [7, 11) is 3.38. The number of aliphatic imine (C=N–C) groups is 1. The highest BCUT2D eigenvalue weighted by Gasteiger charge is 2.01. The van der Waals surface area contributed by atoms with Gasteiger partial charge in [0.2, 0.25) is 5.91 Å². The summed E-state index contributed by atoms with van der Waals surface area (Å²) < 4.78 is 0. The zero-order valence-corrected chi connectivity index (χ0v) is 13.6. The summed E-state index contributed by atoms with van der Waals surface area (Å²) in [5, 5.41) is 2.98. The summed E-state index contributed by atoms with van der Waals surface area (Å²) in [4.78, 5) is 16.7. The first kappa shape index (κ1) is 17.7. The number of halogens is 1. The zero-order valence-electron chi connectivity index (χ0n) is 11.3. The highest BCUT2D eigenvalue weighted by molar-refractivity contribution is 14.0. The van der Waals surface area contributed by atoms with E-state index in [-0.39, 0.29) is 36.4 Å².